The Kier molecular flexibility index (Phi) is 6.61. The monoisotopic (exact) mass is 620 g/mol. The highest BCUT2D eigenvalue weighted by molar-refractivity contribution is 5.95. The summed E-state index contributed by atoms with van der Waals surface area (Å²) in [5, 5.41) is 19.4. The Morgan fingerprint density at radius 1 is 0.333 bits per heavy atom. The first-order chi connectivity index (χ1) is 23.8. The van der Waals surface area contributed by atoms with Gasteiger partial charge >= 0.3 is 0 Å². The molecule has 0 spiro atoms. The average Bonchev–Trinajstić information content (AvgIpc) is 3.86. The van der Waals surface area contributed by atoms with E-state index in [0.717, 1.165) is 44.1 Å². The van der Waals surface area contributed by atoms with Gasteiger partial charge in [0.2, 0.25) is 11.8 Å². The number of nitrogens with zero attached hydrogens (tertiary/aromatic N) is 6. The molecule has 0 amide bonds. The summed E-state index contributed by atoms with van der Waals surface area (Å²) < 4.78 is 12.3. The van der Waals surface area contributed by atoms with Crippen molar-refractivity contribution in [3.8, 4) is 68.3 Å². The van der Waals surface area contributed by atoms with Crippen LogP contribution < -0.4 is 0 Å². The minimum absolute atomic E-state index is 0.331. The van der Waals surface area contributed by atoms with Crippen LogP contribution in [-0.4, -0.2) is 30.4 Å². The van der Waals surface area contributed by atoms with Crippen molar-refractivity contribution >= 4 is 21.8 Å². The van der Waals surface area contributed by atoms with Crippen molar-refractivity contribution in [1.82, 2.24) is 30.4 Å². The van der Waals surface area contributed by atoms with Crippen LogP contribution in [0, 0.1) is 0 Å². The molecule has 0 bridgehead atoms. The molecular weight excluding hydrogens is 596 g/mol. The predicted molar refractivity (Wildman–Crippen MR) is 185 cm³/mol. The standard InChI is InChI=1S/C40H24N6O2/c1-3-10-25(11-4-1)31-18-8-14-27-20-22-33(41-35(27)31)39-45-43-37(47-39)29-16-7-17-30(24-29)38-44-46-40(48-38)34-23-21-28-15-9-19-32(36(28)42-34)26-12-5-2-6-13-26/h1-24H. The molecule has 0 atom stereocenters. The maximum atomic E-state index is 6.14. The molecule has 48 heavy (non-hydrogen) atoms. The number of hydrogen-bond acceptors (Lipinski definition) is 8. The molecule has 5 aromatic carbocycles. The van der Waals surface area contributed by atoms with E-state index < -0.39 is 0 Å². The third-order valence-electron chi connectivity index (χ3n) is 8.25. The van der Waals surface area contributed by atoms with E-state index >= 15 is 0 Å². The van der Waals surface area contributed by atoms with Gasteiger partial charge in [0, 0.05) is 33.0 Å². The summed E-state index contributed by atoms with van der Waals surface area (Å²) in [5.41, 5.74) is 8.62. The zero-order valence-corrected chi connectivity index (χ0v) is 25.4. The lowest BCUT2D eigenvalue weighted by Gasteiger charge is -2.07. The van der Waals surface area contributed by atoms with Crippen molar-refractivity contribution in [2.24, 2.45) is 0 Å². The lowest BCUT2D eigenvalue weighted by Crippen LogP contribution is -1.89. The summed E-state index contributed by atoms with van der Waals surface area (Å²) in [6.45, 7) is 0. The molecule has 226 valence electrons. The van der Waals surface area contributed by atoms with Gasteiger partial charge in [-0.2, -0.15) is 0 Å². The van der Waals surface area contributed by atoms with E-state index in [1.165, 1.54) is 0 Å². The number of para-hydroxylation sites is 2. The van der Waals surface area contributed by atoms with Gasteiger partial charge in [-0.15, -0.1) is 20.4 Å². The van der Waals surface area contributed by atoms with Crippen molar-refractivity contribution in [3.05, 3.63) is 146 Å². The molecule has 0 N–H and O–H groups in total. The van der Waals surface area contributed by atoms with Gasteiger partial charge in [0.25, 0.3) is 11.8 Å². The number of aromatic nitrogens is 6. The second-order valence-electron chi connectivity index (χ2n) is 11.3. The summed E-state index contributed by atoms with van der Waals surface area (Å²) >= 11 is 0. The summed E-state index contributed by atoms with van der Waals surface area (Å²) in [6, 6.07) is 48.1. The molecular formula is C40H24N6O2. The van der Waals surface area contributed by atoms with Crippen molar-refractivity contribution in [3.63, 3.8) is 0 Å². The molecule has 9 rings (SSSR count). The van der Waals surface area contributed by atoms with Gasteiger partial charge in [0.1, 0.15) is 11.4 Å². The summed E-state index contributed by atoms with van der Waals surface area (Å²) in [6.07, 6.45) is 0. The van der Waals surface area contributed by atoms with Crippen molar-refractivity contribution < 1.29 is 8.83 Å². The van der Waals surface area contributed by atoms with Gasteiger partial charge in [-0.1, -0.05) is 115 Å². The van der Waals surface area contributed by atoms with Crippen LogP contribution in [0.5, 0.6) is 0 Å². The number of benzene rings is 5. The van der Waals surface area contributed by atoms with Crippen molar-refractivity contribution in [2.75, 3.05) is 0 Å². The minimum Gasteiger partial charge on any atom is -0.415 e. The Hall–Kier alpha value is -6.80. The highest BCUT2D eigenvalue weighted by atomic mass is 16.4. The second-order valence-corrected chi connectivity index (χ2v) is 11.3. The first-order valence-corrected chi connectivity index (χ1v) is 15.5. The molecule has 0 saturated heterocycles. The quantitative estimate of drug-likeness (QED) is 0.181. The zero-order valence-electron chi connectivity index (χ0n) is 25.4. The van der Waals surface area contributed by atoms with Gasteiger partial charge < -0.3 is 8.83 Å². The first kappa shape index (κ1) is 27.5. The maximum absolute atomic E-state index is 6.14. The third-order valence-corrected chi connectivity index (χ3v) is 8.25. The van der Waals surface area contributed by atoms with Crippen LogP contribution in [0.15, 0.2) is 154 Å². The fourth-order valence-corrected chi connectivity index (χ4v) is 5.91. The van der Waals surface area contributed by atoms with E-state index in [1.807, 2.05) is 109 Å². The number of fused-ring (bicyclic) bond motifs is 2. The molecule has 0 radical (unpaired) electrons. The fraction of sp³-hybridized carbons (Fsp3) is 0. The summed E-state index contributed by atoms with van der Waals surface area (Å²) in [5.74, 6) is 1.37. The summed E-state index contributed by atoms with van der Waals surface area (Å²) in [7, 11) is 0. The Morgan fingerprint density at radius 2 is 0.750 bits per heavy atom. The van der Waals surface area contributed by atoms with E-state index in [-0.39, 0.29) is 0 Å². The molecule has 4 heterocycles. The molecule has 0 aliphatic carbocycles. The van der Waals surface area contributed by atoms with E-state index in [1.54, 1.807) is 0 Å². The zero-order chi connectivity index (χ0) is 31.9. The van der Waals surface area contributed by atoms with Crippen LogP contribution in [-0.2, 0) is 0 Å². The van der Waals surface area contributed by atoms with Gasteiger partial charge in [0.05, 0.1) is 11.0 Å². The number of hydrogen-bond donors (Lipinski definition) is 0. The highest BCUT2D eigenvalue weighted by Gasteiger charge is 2.17. The Morgan fingerprint density at radius 3 is 1.23 bits per heavy atom. The normalized spacial score (nSPS) is 11.3. The van der Waals surface area contributed by atoms with Crippen molar-refractivity contribution in [2.45, 2.75) is 0 Å². The molecule has 0 fully saturated rings. The lowest BCUT2D eigenvalue weighted by atomic mass is 10.0. The van der Waals surface area contributed by atoms with Crippen LogP contribution in [0.25, 0.3) is 90.1 Å². The maximum Gasteiger partial charge on any atom is 0.266 e. The van der Waals surface area contributed by atoms with Gasteiger partial charge in [-0.05, 0) is 41.5 Å². The molecule has 0 saturated carbocycles. The molecule has 0 aliphatic heterocycles. The molecule has 0 unspecified atom stereocenters. The predicted octanol–water partition coefficient (Wildman–Crippen LogP) is 9.55. The van der Waals surface area contributed by atoms with E-state index in [4.69, 9.17) is 18.8 Å². The largest absolute Gasteiger partial charge is 0.415 e. The summed E-state index contributed by atoms with van der Waals surface area (Å²) in [4.78, 5) is 9.86. The average molecular weight is 621 g/mol. The molecule has 8 nitrogen and oxygen atoms in total. The lowest BCUT2D eigenvalue weighted by molar-refractivity contribution is 0.580. The molecule has 8 heteroatoms. The van der Waals surface area contributed by atoms with E-state index in [2.05, 4.69) is 56.8 Å². The van der Waals surface area contributed by atoms with E-state index in [9.17, 15) is 0 Å². The number of rotatable bonds is 6. The Bertz CT molecular complexity index is 2400. The topological polar surface area (TPSA) is 104 Å². The molecule has 4 aromatic heterocycles. The van der Waals surface area contributed by atoms with Gasteiger partial charge in [0.15, 0.2) is 0 Å². The SMILES string of the molecule is c1ccc(-c2cccc3ccc(-c4nnc(-c5cccc(-c6nnc(-c7ccc8cccc(-c9ccccc9)c8n7)o6)c5)o4)nc23)cc1. The van der Waals surface area contributed by atoms with Crippen LogP contribution in [0.3, 0.4) is 0 Å². The van der Waals surface area contributed by atoms with Crippen molar-refractivity contribution in [1.29, 1.82) is 0 Å². The Labute approximate surface area is 274 Å². The fourth-order valence-electron chi connectivity index (χ4n) is 5.91. The first-order valence-electron chi connectivity index (χ1n) is 15.5. The van der Waals surface area contributed by atoms with Gasteiger partial charge in [-0.25, -0.2) is 9.97 Å². The molecule has 9 aromatic rings. The molecule has 0 aliphatic rings. The van der Waals surface area contributed by atoms with E-state index in [0.29, 0.717) is 46.1 Å². The second kappa shape index (κ2) is 11.5. The van der Waals surface area contributed by atoms with Crippen LogP contribution in [0.4, 0.5) is 0 Å². The Balaban J connectivity index is 1.02. The smallest absolute Gasteiger partial charge is 0.266 e. The van der Waals surface area contributed by atoms with Gasteiger partial charge in [-0.3, -0.25) is 0 Å². The van der Waals surface area contributed by atoms with Crippen LogP contribution in [0.1, 0.15) is 0 Å². The van der Waals surface area contributed by atoms with Crippen LogP contribution in [0.2, 0.25) is 0 Å². The number of pyridine rings is 2. The van der Waals surface area contributed by atoms with Crippen LogP contribution >= 0.6 is 0 Å². The third kappa shape index (κ3) is 4.98. The highest BCUT2D eigenvalue weighted by Crippen LogP contribution is 2.33. The minimum atomic E-state index is 0.331.